The summed E-state index contributed by atoms with van der Waals surface area (Å²) in [7, 11) is 1.76. The third-order valence-electron chi connectivity index (χ3n) is 2.58. The Morgan fingerprint density at radius 1 is 1.65 bits per heavy atom. The summed E-state index contributed by atoms with van der Waals surface area (Å²) in [5.74, 6) is -0.369. The molecule has 0 radical (unpaired) electrons. The third kappa shape index (κ3) is 4.56. The van der Waals surface area contributed by atoms with Crippen LogP contribution in [0.5, 0.6) is 0 Å². The molecule has 0 aliphatic carbocycles. The van der Waals surface area contributed by atoms with E-state index in [1.807, 2.05) is 6.92 Å². The fourth-order valence-electron chi connectivity index (χ4n) is 1.49. The van der Waals surface area contributed by atoms with E-state index in [1.165, 1.54) is 6.20 Å². The van der Waals surface area contributed by atoms with Crippen molar-refractivity contribution >= 4 is 5.97 Å². The molecular weight excluding hydrogens is 218 g/mol. The molecule has 0 saturated heterocycles. The monoisotopic (exact) mass is 239 g/mol. The van der Waals surface area contributed by atoms with Crippen molar-refractivity contribution in [2.24, 2.45) is 12.8 Å². The van der Waals surface area contributed by atoms with Crippen molar-refractivity contribution < 1.29 is 9.53 Å². The maximum absolute atomic E-state index is 11.6. The first-order valence-corrected chi connectivity index (χ1v) is 5.89. The SMILES string of the molecule is CCCCC(C)(N)COC(=O)c1cnn(C)c1. The van der Waals surface area contributed by atoms with Gasteiger partial charge in [-0.3, -0.25) is 4.68 Å². The quantitative estimate of drug-likeness (QED) is 0.763. The van der Waals surface area contributed by atoms with E-state index in [9.17, 15) is 4.79 Å². The van der Waals surface area contributed by atoms with Gasteiger partial charge in [0.1, 0.15) is 6.61 Å². The molecule has 0 aliphatic rings. The Bertz CT molecular complexity index is 372. The van der Waals surface area contributed by atoms with E-state index in [0.717, 1.165) is 19.3 Å². The summed E-state index contributed by atoms with van der Waals surface area (Å²) in [5.41, 5.74) is 6.04. The molecule has 0 bridgehead atoms. The highest BCUT2D eigenvalue weighted by atomic mass is 16.5. The van der Waals surface area contributed by atoms with Crippen LogP contribution in [0.4, 0.5) is 0 Å². The van der Waals surface area contributed by atoms with Gasteiger partial charge in [0, 0.05) is 18.8 Å². The van der Waals surface area contributed by atoms with Gasteiger partial charge in [-0.2, -0.15) is 5.10 Å². The standard InChI is InChI=1S/C12H21N3O2/c1-4-5-6-12(2,13)9-17-11(16)10-7-14-15(3)8-10/h7-8H,4-6,9,13H2,1-3H3. The summed E-state index contributed by atoms with van der Waals surface area (Å²) in [6.07, 6.45) is 6.09. The highest BCUT2D eigenvalue weighted by Gasteiger charge is 2.21. The predicted molar refractivity (Wildman–Crippen MR) is 65.6 cm³/mol. The van der Waals surface area contributed by atoms with E-state index in [0.29, 0.717) is 5.56 Å². The number of unbranched alkanes of at least 4 members (excludes halogenated alkanes) is 1. The fourth-order valence-corrected chi connectivity index (χ4v) is 1.49. The highest BCUT2D eigenvalue weighted by molar-refractivity contribution is 5.88. The number of ether oxygens (including phenoxy) is 1. The van der Waals surface area contributed by atoms with Crippen LogP contribution in [0.1, 0.15) is 43.5 Å². The molecule has 1 rings (SSSR count). The molecule has 0 fully saturated rings. The largest absolute Gasteiger partial charge is 0.460 e. The Morgan fingerprint density at radius 3 is 2.88 bits per heavy atom. The van der Waals surface area contributed by atoms with Gasteiger partial charge in [-0.15, -0.1) is 0 Å². The van der Waals surface area contributed by atoms with Crippen molar-refractivity contribution in [1.29, 1.82) is 0 Å². The first-order chi connectivity index (χ1) is 7.94. The molecule has 0 saturated carbocycles. The average Bonchev–Trinajstić information content (AvgIpc) is 2.70. The Balaban J connectivity index is 2.42. The molecule has 5 nitrogen and oxygen atoms in total. The van der Waals surface area contributed by atoms with Gasteiger partial charge in [-0.25, -0.2) is 4.79 Å². The van der Waals surface area contributed by atoms with Crippen molar-refractivity contribution in [2.75, 3.05) is 6.61 Å². The molecule has 1 aromatic rings. The van der Waals surface area contributed by atoms with E-state index in [4.69, 9.17) is 10.5 Å². The molecule has 5 heteroatoms. The molecule has 1 aromatic heterocycles. The van der Waals surface area contributed by atoms with Crippen LogP contribution in [0.3, 0.4) is 0 Å². The fraction of sp³-hybridized carbons (Fsp3) is 0.667. The molecular formula is C12H21N3O2. The lowest BCUT2D eigenvalue weighted by molar-refractivity contribution is 0.0411. The molecule has 96 valence electrons. The minimum absolute atomic E-state index is 0.237. The Kier molecular flexibility index (Phi) is 4.69. The van der Waals surface area contributed by atoms with E-state index >= 15 is 0 Å². The zero-order valence-corrected chi connectivity index (χ0v) is 10.8. The van der Waals surface area contributed by atoms with Gasteiger partial charge in [0.2, 0.25) is 0 Å². The van der Waals surface area contributed by atoms with Crippen LogP contribution in [0.15, 0.2) is 12.4 Å². The lowest BCUT2D eigenvalue weighted by atomic mass is 9.97. The van der Waals surface area contributed by atoms with Crippen LogP contribution < -0.4 is 5.73 Å². The third-order valence-corrected chi connectivity index (χ3v) is 2.58. The van der Waals surface area contributed by atoms with Crippen LogP contribution in [-0.2, 0) is 11.8 Å². The number of esters is 1. The van der Waals surface area contributed by atoms with Gasteiger partial charge >= 0.3 is 5.97 Å². The van der Waals surface area contributed by atoms with Gasteiger partial charge in [0.05, 0.1) is 11.8 Å². The van der Waals surface area contributed by atoms with Gasteiger partial charge in [0.25, 0.3) is 0 Å². The van der Waals surface area contributed by atoms with Crippen LogP contribution >= 0.6 is 0 Å². The summed E-state index contributed by atoms with van der Waals surface area (Å²) in [6, 6.07) is 0. The van der Waals surface area contributed by atoms with E-state index in [1.54, 1.807) is 17.9 Å². The van der Waals surface area contributed by atoms with Crippen molar-refractivity contribution in [1.82, 2.24) is 9.78 Å². The number of rotatable bonds is 6. The number of aryl methyl sites for hydroxylation is 1. The topological polar surface area (TPSA) is 70.1 Å². The van der Waals surface area contributed by atoms with Gasteiger partial charge in [-0.1, -0.05) is 19.8 Å². The van der Waals surface area contributed by atoms with Crippen molar-refractivity contribution in [3.63, 3.8) is 0 Å². The van der Waals surface area contributed by atoms with E-state index < -0.39 is 5.54 Å². The van der Waals surface area contributed by atoms with Crippen LogP contribution in [0, 0.1) is 0 Å². The summed E-state index contributed by atoms with van der Waals surface area (Å²) in [6.45, 7) is 4.25. The van der Waals surface area contributed by atoms with Gasteiger partial charge in [0.15, 0.2) is 0 Å². The Hall–Kier alpha value is -1.36. The normalized spacial score (nSPS) is 14.4. The molecule has 0 amide bonds. The number of carbonyl (C=O) groups is 1. The van der Waals surface area contributed by atoms with E-state index in [-0.39, 0.29) is 12.6 Å². The lowest BCUT2D eigenvalue weighted by Gasteiger charge is -2.23. The summed E-state index contributed by atoms with van der Waals surface area (Å²) < 4.78 is 6.75. The minimum Gasteiger partial charge on any atom is -0.460 e. The second-order valence-corrected chi connectivity index (χ2v) is 4.74. The average molecular weight is 239 g/mol. The zero-order chi connectivity index (χ0) is 12.9. The molecule has 17 heavy (non-hydrogen) atoms. The maximum Gasteiger partial charge on any atom is 0.341 e. The van der Waals surface area contributed by atoms with E-state index in [2.05, 4.69) is 12.0 Å². The number of nitrogens with zero attached hydrogens (tertiary/aromatic N) is 2. The van der Waals surface area contributed by atoms with Crippen LogP contribution in [0.2, 0.25) is 0 Å². The van der Waals surface area contributed by atoms with Gasteiger partial charge in [-0.05, 0) is 13.3 Å². The number of hydrogen-bond donors (Lipinski definition) is 1. The first kappa shape index (κ1) is 13.7. The second kappa shape index (κ2) is 5.82. The number of aromatic nitrogens is 2. The molecule has 1 unspecified atom stereocenters. The highest BCUT2D eigenvalue weighted by Crippen LogP contribution is 2.12. The summed E-state index contributed by atoms with van der Waals surface area (Å²) in [5, 5.41) is 3.92. The molecule has 0 aromatic carbocycles. The van der Waals surface area contributed by atoms with Gasteiger partial charge < -0.3 is 10.5 Å². The Morgan fingerprint density at radius 2 is 2.35 bits per heavy atom. The molecule has 1 atom stereocenters. The number of carbonyl (C=O) groups excluding carboxylic acids is 1. The molecule has 2 N–H and O–H groups in total. The maximum atomic E-state index is 11.6. The zero-order valence-electron chi connectivity index (χ0n) is 10.8. The van der Waals surface area contributed by atoms with Crippen LogP contribution in [-0.4, -0.2) is 27.9 Å². The first-order valence-electron chi connectivity index (χ1n) is 5.89. The second-order valence-electron chi connectivity index (χ2n) is 4.74. The number of hydrogen-bond acceptors (Lipinski definition) is 4. The summed E-state index contributed by atoms with van der Waals surface area (Å²) >= 11 is 0. The van der Waals surface area contributed by atoms with Crippen LogP contribution in [0.25, 0.3) is 0 Å². The van der Waals surface area contributed by atoms with Crippen molar-refractivity contribution in [2.45, 2.75) is 38.6 Å². The predicted octanol–water partition coefficient (Wildman–Crippen LogP) is 1.48. The number of nitrogens with two attached hydrogens (primary N) is 1. The van der Waals surface area contributed by atoms with Crippen molar-refractivity contribution in [3.05, 3.63) is 18.0 Å². The molecule has 0 spiro atoms. The minimum atomic E-state index is -0.451. The summed E-state index contributed by atoms with van der Waals surface area (Å²) in [4.78, 5) is 11.6. The van der Waals surface area contributed by atoms with Crippen molar-refractivity contribution in [3.8, 4) is 0 Å². The Labute approximate surface area is 102 Å². The molecule has 1 heterocycles. The smallest absolute Gasteiger partial charge is 0.341 e. The molecule has 0 aliphatic heterocycles. The lowest BCUT2D eigenvalue weighted by Crippen LogP contribution is -2.41.